The lowest BCUT2D eigenvalue weighted by Crippen LogP contribution is -2.35. The molecule has 0 unspecified atom stereocenters. The highest BCUT2D eigenvalue weighted by atomic mass is 16.6. The van der Waals surface area contributed by atoms with Crippen molar-refractivity contribution in [3.8, 4) is 0 Å². The first kappa shape index (κ1) is 14.4. The van der Waals surface area contributed by atoms with E-state index in [-0.39, 0.29) is 12.1 Å². The van der Waals surface area contributed by atoms with Crippen LogP contribution < -0.4 is 16.0 Å². The summed E-state index contributed by atoms with van der Waals surface area (Å²) in [6.07, 6.45) is 0.987. The van der Waals surface area contributed by atoms with Gasteiger partial charge in [0.1, 0.15) is 17.6 Å². The number of hydrogen-bond donors (Lipinski definition) is 3. The molecule has 1 rings (SSSR count). The molecule has 0 aliphatic carbocycles. The Labute approximate surface area is 108 Å². The van der Waals surface area contributed by atoms with Crippen molar-refractivity contribution in [3.63, 3.8) is 0 Å². The van der Waals surface area contributed by atoms with Gasteiger partial charge in [0.2, 0.25) is 5.91 Å². The summed E-state index contributed by atoms with van der Waals surface area (Å²) in [4.78, 5) is 36.7. The maximum Gasteiger partial charge on any atom is 0.300 e. The van der Waals surface area contributed by atoms with Gasteiger partial charge in [0, 0.05) is 20.2 Å². The van der Waals surface area contributed by atoms with Gasteiger partial charge in [0.05, 0.1) is 11.5 Å². The van der Waals surface area contributed by atoms with E-state index in [0.29, 0.717) is 5.82 Å². The third kappa shape index (κ3) is 3.63. The molecule has 9 nitrogen and oxygen atoms in total. The first-order valence-electron chi connectivity index (χ1n) is 5.30. The van der Waals surface area contributed by atoms with Crippen molar-refractivity contribution in [2.75, 3.05) is 26.0 Å². The Bertz CT molecular complexity index is 517. The smallest absolute Gasteiger partial charge is 0.300 e. The van der Waals surface area contributed by atoms with E-state index in [0.717, 1.165) is 6.20 Å². The molecule has 0 fully saturated rings. The van der Waals surface area contributed by atoms with Gasteiger partial charge >= 0.3 is 0 Å². The number of anilines is 1. The number of hydrogen-bond acceptors (Lipinski definition) is 6. The number of rotatable bonds is 5. The van der Waals surface area contributed by atoms with Crippen LogP contribution in [0.2, 0.25) is 0 Å². The quantitative estimate of drug-likeness (QED) is 0.488. The minimum atomic E-state index is -0.714. The molecule has 3 N–H and O–H groups in total. The topological polar surface area (TPSA) is 126 Å². The number of carbonyl (C=O) groups excluding carboxylic acids is 2. The van der Waals surface area contributed by atoms with Crippen LogP contribution in [0.15, 0.2) is 12.3 Å². The molecule has 102 valence electrons. The third-order valence-electron chi connectivity index (χ3n) is 2.27. The molecule has 0 spiro atoms. The van der Waals surface area contributed by atoms with Crippen molar-refractivity contribution >= 4 is 23.3 Å². The van der Waals surface area contributed by atoms with E-state index in [1.54, 1.807) is 7.05 Å². The SMILES string of the molecule is CNC(=O)CNC(=O)c1cc(NC)ncc1[N+](=O)[O-]. The average molecular weight is 267 g/mol. The fourth-order valence-corrected chi connectivity index (χ4v) is 1.26. The standard InChI is InChI=1S/C10H13N5O4/c1-11-8-3-6(7(4-13-8)15(18)19)10(17)14-5-9(16)12-2/h3-4H,5H2,1-2H3,(H,11,13)(H,12,16)(H,14,17). The third-order valence-corrected chi connectivity index (χ3v) is 2.27. The lowest BCUT2D eigenvalue weighted by molar-refractivity contribution is -0.385. The van der Waals surface area contributed by atoms with Crippen molar-refractivity contribution in [1.29, 1.82) is 0 Å². The Morgan fingerprint density at radius 1 is 1.42 bits per heavy atom. The van der Waals surface area contributed by atoms with Crippen molar-refractivity contribution in [3.05, 3.63) is 27.9 Å². The van der Waals surface area contributed by atoms with E-state index in [4.69, 9.17) is 0 Å². The second-order valence-electron chi connectivity index (χ2n) is 3.45. The van der Waals surface area contributed by atoms with Crippen molar-refractivity contribution < 1.29 is 14.5 Å². The van der Waals surface area contributed by atoms with Crippen LogP contribution in [0, 0.1) is 10.1 Å². The number of amides is 2. The van der Waals surface area contributed by atoms with Crippen LogP contribution >= 0.6 is 0 Å². The summed E-state index contributed by atoms with van der Waals surface area (Å²) in [6, 6.07) is 1.25. The van der Waals surface area contributed by atoms with Crippen LogP contribution in [0.5, 0.6) is 0 Å². The zero-order valence-corrected chi connectivity index (χ0v) is 10.4. The molecule has 2 amide bonds. The molecule has 19 heavy (non-hydrogen) atoms. The van der Waals surface area contributed by atoms with Gasteiger partial charge in [-0.05, 0) is 0 Å². The average Bonchev–Trinajstić information content (AvgIpc) is 2.43. The Hall–Kier alpha value is -2.71. The van der Waals surface area contributed by atoms with Crippen LogP contribution in [0.25, 0.3) is 0 Å². The molecule has 1 heterocycles. The molecular formula is C10H13N5O4. The van der Waals surface area contributed by atoms with Crippen LogP contribution in [0.4, 0.5) is 11.5 Å². The van der Waals surface area contributed by atoms with Crippen LogP contribution in [0.1, 0.15) is 10.4 Å². The van der Waals surface area contributed by atoms with E-state index >= 15 is 0 Å². The minimum absolute atomic E-state index is 0.159. The van der Waals surface area contributed by atoms with Crippen molar-refractivity contribution in [1.82, 2.24) is 15.6 Å². The number of nitrogens with one attached hydrogen (secondary N) is 3. The van der Waals surface area contributed by atoms with Crippen LogP contribution in [-0.4, -0.2) is 42.4 Å². The van der Waals surface area contributed by atoms with Gasteiger partial charge in [-0.1, -0.05) is 0 Å². The van der Waals surface area contributed by atoms with E-state index < -0.39 is 22.4 Å². The van der Waals surface area contributed by atoms with Crippen LogP contribution in [-0.2, 0) is 4.79 Å². The molecule has 0 radical (unpaired) electrons. The summed E-state index contributed by atoms with van der Waals surface area (Å²) in [6.45, 7) is -0.260. The highest BCUT2D eigenvalue weighted by molar-refractivity contribution is 6.00. The molecule has 1 aromatic rings. The highest BCUT2D eigenvalue weighted by Crippen LogP contribution is 2.19. The molecule has 1 aromatic heterocycles. The molecule has 0 saturated carbocycles. The molecule has 0 aliphatic rings. The molecule has 0 saturated heterocycles. The first-order valence-corrected chi connectivity index (χ1v) is 5.30. The van der Waals surface area contributed by atoms with Gasteiger partial charge in [-0.25, -0.2) is 4.98 Å². The number of carbonyl (C=O) groups is 2. The van der Waals surface area contributed by atoms with Gasteiger partial charge < -0.3 is 16.0 Å². The van der Waals surface area contributed by atoms with Crippen molar-refractivity contribution in [2.24, 2.45) is 0 Å². The summed E-state index contributed by atoms with van der Waals surface area (Å²) >= 11 is 0. The zero-order chi connectivity index (χ0) is 14.4. The fraction of sp³-hybridized carbons (Fsp3) is 0.300. The monoisotopic (exact) mass is 267 g/mol. The summed E-state index contributed by atoms with van der Waals surface area (Å²) < 4.78 is 0. The van der Waals surface area contributed by atoms with E-state index in [2.05, 4.69) is 20.9 Å². The number of nitro groups is 1. The first-order chi connectivity index (χ1) is 8.99. The number of aromatic nitrogens is 1. The largest absolute Gasteiger partial charge is 0.373 e. The normalized spacial score (nSPS) is 9.58. The van der Waals surface area contributed by atoms with E-state index in [9.17, 15) is 19.7 Å². The second kappa shape index (κ2) is 6.28. The Morgan fingerprint density at radius 3 is 2.63 bits per heavy atom. The molecule has 0 atom stereocenters. The van der Waals surface area contributed by atoms with E-state index in [1.807, 2.05) is 0 Å². The minimum Gasteiger partial charge on any atom is -0.373 e. The van der Waals surface area contributed by atoms with Crippen molar-refractivity contribution in [2.45, 2.75) is 0 Å². The maximum atomic E-state index is 11.8. The summed E-state index contributed by atoms with van der Waals surface area (Å²) in [5.41, 5.74) is -0.582. The molecule has 0 aromatic carbocycles. The lowest BCUT2D eigenvalue weighted by atomic mass is 10.2. The molecular weight excluding hydrogens is 254 g/mol. The highest BCUT2D eigenvalue weighted by Gasteiger charge is 2.21. The van der Waals surface area contributed by atoms with Gasteiger partial charge in [0.25, 0.3) is 11.6 Å². The summed E-state index contributed by atoms with van der Waals surface area (Å²) in [7, 11) is 2.99. The number of nitrogens with zero attached hydrogens (tertiary/aromatic N) is 2. The van der Waals surface area contributed by atoms with Gasteiger partial charge in [0.15, 0.2) is 0 Å². The van der Waals surface area contributed by atoms with Gasteiger partial charge in [-0.15, -0.1) is 0 Å². The molecule has 0 bridgehead atoms. The van der Waals surface area contributed by atoms with E-state index in [1.165, 1.54) is 13.1 Å². The molecule has 0 aliphatic heterocycles. The summed E-state index contributed by atoms with van der Waals surface area (Å²) in [5.74, 6) is -0.802. The van der Waals surface area contributed by atoms with Gasteiger partial charge in [-0.2, -0.15) is 0 Å². The summed E-state index contributed by atoms with van der Waals surface area (Å²) in [5, 5.41) is 18.1. The van der Waals surface area contributed by atoms with Gasteiger partial charge in [-0.3, -0.25) is 19.7 Å². The molecule has 9 heteroatoms. The Balaban J connectivity index is 2.99. The Morgan fingerprint density at radius 2 is 2.11 bits per heavy atom. The fourth-order valence-electron chi connectivity index (χ4n) is 1.26. The zero-order valence-electron chi connectivity index (χ0n) is 10.4. The number of pyridine rings is 1. The maximum absolute atomic E-state index is 11.8. The van der Waals surface area contributed by atoms with Crippen LogP contribution in [0.3, 0.4) is 0 Å². The Kier molecular flexibility index (Phi) is 4.75. The number of likely N-dealkylation sites (N-methyl/N-ethyl adjacent to an activating group) is 1. The second-order valence-corrected chi connectivity index (χ2v) is 3.45. The predicted molar refractivity (Wildman–Crippen MR) is 66.8 cm³/mol. The lowest BCUT2D eigenvalue weighted by Gasteiger charge is -2.06. The predicted octanol–water partition coefficient (Wildman–Crippen LogP) is -0.493.